The van der Waals surface area contributed by atoms with E-state index in [9.17, 15) is 9.59 Å². The number of carboxylic acids is 1. The van der Waals surface area contributed by atoms with Crippen molar-refractivity contribution in [3.8, 4) is 0 Å². The standard InChI is InChI=1S/C13H15BrN2O3/c1-8-12(17)15-6-9(13(18)19)7-16(8)11-4-2-3-10(14)5-11/h2-5,8-9H,6-7H2,1H3,(H,15,17)(H,18,19). The predicted molar refractivity (Wildman–Crippen MR) is 75.1 cm³/mol. The molecule has 6 heteroatoms. The number of amides is 1. The van der Waals surface area contributed by atoms with E-state index in [4.69, 9.17) is 5.11 Å². The number of rotatable bonds is 2. The van der Waals surface area contributed by atoms with Crippen molar-refractivity contribution in [2.24, 2.45) is 5.92 Å². The highest BCUT2D eigenvalue weighted by Crippen LogP contribution is 2.24. The third kappa shape index (κ3) is 3.07. The van der Waals surface area contributed by atoms with Gasteiger partial charge in [0.2, 0.25) is 5.91 Å². The van der Waals surface area contributed by atoms with Crippen LogP contribution in [0.1, 0.15) is 6.92 Å². The molecule has 2 unspecified atom stereocenters. The minimum Gasteiger partial charge on any atom is -0.481 e. The van der Waals surface area contributed by atoms with Gasteiger partial charge in [-0.05, 0) is 25.1 Å². The number of nitrogens with one attached hydrogen (secondary N) is 1. The molecule has 1 aromatic carbocycles. The lowest BCUT2D eigenvalue weighted by Gasteiger charge is -2.29. The molecule has 2 rings (SSSR count). The quantitative estimate of drug-likeness (QED) is 0.863. The largest absolute Gasteiger partial charge is 0.481 e. The van der Waals surface area contributed by atoms with Gasteiger partial charge in [0, 0.05) is 23.2 Å². The summed E-state index contributed by atoms with van der Waals surface area (Å²) >= 11 is 3.38. The van der Waals surface area contributed by atoms with Crippen molar-refractivity contribution in [2.45, 2.75) is 13.0 Å². The molecule has 0 aliphatic carbocycles. The van der Waals surface area contributed by atoms with Crippen molar-refractivity contribution in [3.63, 3.8) is 0 Å². The average molecular weight is 327 g/mol. The lowest BCUT2D eigenvalue weighted by Crippen LogP contribution is -2.42. The first-order valence-electron chi connectivity index (χ1n) is 6.01. The number of benzene rings is 1. The third-order valence-corrected chi connectivity index (χ3v) is 3.77. The van der Waals surface area contributed by atoms with Crippen molar-refractivity contribution >= 4 is 33.5 Å². The summed E-state index contributed by atoms with van der Waals surface area (Å²) in [7, 11) is 0. The highest BCUT2D eigenvalue weighted by atomic mass is 79.9. The van der Waals surface area contributed by atoms with Crippen molar-refractivity contribution < 1.29 is 14.7 Å². The Balaban J connectivity index is 2.33. The Morgan fingerprint density at radius 3 is 2.89 bits per heavy atom. The molecule has 0 aromatic heterocycles. The van der Waals surface area contributed by atoms with Crippen molar-refractivity contribution in [1.29, 1.82) is 0 Å². The molecule has 0 spiro atoms. The van der Waals surface area contributed by atoms with Gasteiger partial charge in [-0.2, -0.15) is 0 Å². The van der Waals surface area contributed by atoms with Gasteiger partial charge in [0.25, 0.3) is 0 Å². The monoisotopic (exact) mass is 326 g/mol. The van der Waals surface area contributed by atoms with Crippen LogP contribution in [0.3, 0.4) is 0 Å². The summed E-state index contributed by atoms with van der Waals surface area (Å²) in [6, 6.07) is 7.12. The van der Waals surface area contributed by atoms with Gasteiger partial charge in [0.15, 0.2) is 0 Å². The van der Waals surface area contributed by atoms with E-state index in [-0.39, 0.29) is 12.5 Å². The molecule has 0 bridgehead atoms. The lowest BCUT2D eigenvalue weighted by molar-refractivity contribution is -0.141. The van der Waals surface area contributed by atoms with Crippen LogP contribution in [-0.2, 0) is 9.59 Å². The van der Waals surface area contributed by atoms with Crippen LogP contribution in [0.25, 0.3) is 0 Å². The lowest BCUT2D eigenvalue weighted by atomic mass is 10.1. The average Bonchev–Trinajstić information content (AvgIpc) is 2.51. The number of carboxylic acid groups (broad SMARTS) is 1. The third-order valence-electron chi connectivity index (χ3n) is 3.28. The fourth-order valence-corrected chi connectivity index (χ4v) is 2.51. The molecule has 2 N–H and O–H groups in total. The molecule has 1 fully saturated rings. The molecule has 0 radical (unpaired) electrons. The van der Waals surface area contributed by atoms with Crippen LogP contribution in [0.5, 0.6) is 0 Å². The van der Waals surface area contributed by atoms with Crippen LogP contribution < -0.4 is 10.2 Å². The van der Waals surface area contributed by atoms with Gasteiger partial charge >= 0.3 is 5.97 Å². The maximum absolute atomic E-state index is 11.9. The second-order valence-electron chi connectivity index (χ2n) is 4.59. The number of carbonyl (C=O) groups is 2. The maximum Gasteiger partial charge on any atom is 0.310 e. The summed E-state index contributed by atoms with van der Waals surface area (Å²) in [5.41, 5.74) is 0.838. The summed E-state index contributed by atoms with van der Waals surface area (Å²) in [4.78, 5) is 24.9. The summed E-state index contributed by atoms with van der Waals surface area (Å²) < 4.78 is 0.897. The Morgan fingerprint density at radius 1 is 1.53 bits per heavy atom. The van der Waals surface area contributed by atoms with Crippen LogP contribution in [0.2, 0.25) is 0 Å². The first-order chi connectivity index (χ1) is 8.99. The molecule has 2 atom stereocenters. The number of nitrogens with zero attached hydrogens (tertiary/aromatic N) is 1. The Morgan fingerprint density at radius 2 is 2.26 bits per heavy atom. The maximum atomic E-state index is 11.9. The molecule has 1 amide bonds. The molecular formula is C13H15BrN2O3. The fourth-order valence-electron chi connectivity index (χ4n) is 2.12. The Bertz CT molecular complexity index is 506. The van der Waals surface area contributed by atoms with Crippen LogP contribution in [0, 0.1) is 5.92 Å². The number of aliphatic carboxylic acids is 1. The summed E-state index contributed by atoms with van der Waals surface area (Å²) in [6.45, 7) is 2.26. The molecule has 1 aliphatic heterocycles. The van der Waals surface area contributed by atoms with Gasteiger partial charge in [0.1, 0.15) is 6.04 Å². The molecule has 1 aromatic rings. The smallest absolute Gasteiger partial charge is 0.310 e. The SMILES string of the molecule is CC1C(=O)NCC(C(=O)O)CN1c1cccc(Br)c1. The van der Waals surface area contributed by atoms with E-state index >= 15 is 0 Å². The predicted octanol–water partition coefficient (Wildman–Crippen LogP) is 1.47. The molecule has 5 nitrogen and oxygen atoms in total. The first kappa shape index (κ1) is 13.9. The number of carbonyl (C=O) groups excluding carboxylic acids is 1. The highest BCUT2D eigenvalue weighted by molar-refractivity contribution is 9.10. The zero-order chi connectivity index (χ0) is 14.0. The number of halogens is 1. The zero-order valence-corrected chi connectivity index (χ0v) is 12.1. The topological polar surface area (TPSA) is 69.6 Å². The van der Waals surface area contributed by atoms with E-state index < -0.39 is 17.9 Å². The normalized spacial score (nSPS) is 23.7. The van der Waals surface area contributed by atoms with Crippen LogP contribution in [0.15, 0.2) is 28.7 Å². The summed E-state index contributed by atoms with van der Waals surface area (Å²) in [5, 5.41) is 11.8. The van der Waals surface area contributed by atoms with E-state index in [0.29, 0.717) is 6.54 Å². The summed E-state index contributed by atoms with van der Waals surface area (Å²) in [6.07, 6.45) is 0. The van der Waals surface area contributed by atoms with Crippen molar-refractivity contribution in [2.75, 3.05) is 18.0 Å². The van der Waals surface area contributed by atoms with E-state index in [2.05, 4.69) is 21.2 Å². The van der Waals surface area contributed by atoms with Crippen molar-refractivity contribution in [1.82, 2.24) is 5.32 Å². The molecule has 1 aliphatic rings. The Hall–Kier alpha value is -1.56. The van der Waals surface area contributed by atoms with Gasteiger partial charge in [-0.25, -0.2) is 0 Å². The van der Waals surface area contributed by atoms with Crippen LogP contribution in [-0.4, -0.2) is 36.1 Å². The number of anilines is 1. The zero-order valence-electron chi connectivity index (χ0n) is 10.5. The van der Waals surface area contributed by atoms with Gasteiger partial charge in [-0.15, -0.1) is 0 Å². The molecule has 1 heterocycles. The van der Waals surface area contributed by atoms with E-state index in [0.717, 1.165) is 10.2 Å². The number of hydrogen-bond donors (Lipinski definition) is 2. The first-order valence-corrected chi connectivity index (χ1v) is 6.81. The van der Waals surface area contributed by atoms with Crippen molar-refractivity contribution in [3.05, 3.63) is 28.7 Å². The Labute approximate surface area is 119 Å². The van der Waals surface area contributed by atoms with Gasteiger partial charge in [0.05, 0.1) is 5.92 Å². The van der Waals surface area contributed by atoms with E-state index in [1.165, 1.54) is 0 Å². The number of hydrogen-bond acceptors (Lipinski definition) is 3. The minimum atomic E-state index is -0.894. The second kappa shape index (κ2) is 5.61. The molecule has 19 heavy (non-hydrogen) atoms. The molecule has 0 saturated carbocycles. The summed E-state index contributed by atoms with van der Waals surface area (Å²) in [5.74, 6) is -1.65. The van der Waals surface area contributed by atoms with E-state index in [1.54, 1.807) is 6.92 Å². The minimum absolute atomic E-state index is 0.149. The van der Waals surface area contributed by atoms with E-state index in [1.807, 2.05) is 29.2 Å². The Kier molecular flexibility index (Phi) is 4.09. The molecular weight excluding hydrogens is 312 g/mol. The second-order valence-corrected chi connectivity index (χ2v) is 5.50. The highest BCUT2D eigenvalue weighted by Gasteiger charge is 2.31. The van der Waals surface area contributed by atoms with Crippen LogP contribution >= 0.6 is 15.9 Å². The van der Waals surface area contributed by atoms with Gasteiger partial charge in [-0.1, -0.05) is 22.0 Å². The molecule has 1 saturated heterocycles. The molecule has 102 valence electrons. The van der Waals surface area contributed by atoms with Crippen LogP contribution in [0.4, 0.5) is 5.69 Å². The van der Waals surface area contributed by atoms with Gasteiger partial charge < -0.3 is 15.3 Å². The fraction of sp³-hybridized carbons (Fsp3) is 0.385. The van der Waals surface area contributed by atoms with Gasteiger partial charge in [-0.3, -0.25) is 9.59 Å².